The second-order valence-corrected chi connectivity index (χ2v) is 20.6. The highest BCUT2D eigenvalue weighted by molar-refractivity contribution is 7.47. The van der Waals surface area contributed by atoms with E-state index in [9.17, 15) is 28.9 Å². The van der Waals surface area contributed by atoms with Crippen LogP contribution in [0.5, 0.6) is 0 Å². The Kier molecular flexibility index (Phi) is 49.8. The summed E-state index contributed by atoms with van der Waals surface area (Å²) in [7, 11) is -4.74. The van der Waals surface area contributed by atoms with Gasteiger partial charge in [-0.1, -0.05) is 212 Å². The number of rotatable bonds is 53. The van der Waals surface area contributed by atoms with Crippen LogP contribution in [0, 0.1) is 0 Å². The quantitative estimate of drug-likeness (QED) is 0.0197. The van der Waals surface area contributed by atoms with Crippen molar-refractivity contribution in [2.45, 2.75) is 290 Å². The Morgan fingerprint density at radius 1 is 0.397 bits per heavy atom. The molecule has 0 aromatic heterocycles. The molecule has 0 bridgehead atoms. The molecule has 2 N–H and O–H groups in total. The molecule has 0 saturated carbocycles. The molecule has 0 aliphatic heterocycles. The molecule has 0 saturated heterocycles. The van der Waals surface area contributed by atoms with Gasteiger partial charge < -0.3 is 24.2 Å². The van der Waals surface area contributed by atoms with E-state index in [-0.39, 0.29) is 25.9 Å². The number of hydrogen-bond donors (Lipinski definition) is 2. The summed E-state index contributed by atoms with van der Waals surface area (Å²) in [5.41, 5.74) is 0. The lowest BCUT2D eigenvalue weighted by molar-refractivity contribution is -0.161. The Bertz CT molecular complexity index is 1240. The smallest absolute Gasteiger partial charge is 0.462 e. The van der Waals surface area contributed by atoms with E-state index in [4.69, 9.17) is 23.3 Å². The first-order valence-corrected chi connectivity index (χ1v) is 29.7. The van der Waals surface area contributed by atoms with Crippen LogP contribution in [0.2, 0.25) is 0 Å². The molecular weight excluding hydrogens is 880 g/mol. The van der Waals surface area contributed by atoms with Gasteiger partial charge in [0.05, 0.1) is 19.8 Å². The summed E-state index contributed by atoms with van der Waals surface area (Å²) in [6.07, 6.45) is 49.9. The molecule has 400 valence electrons. The third-order valence-electron chi connectivity index (χ3n) is 12.3. The zero-order valence-corrected chi connectivity index (χ0v) is 45.0. The summed E-state index contributed by atoms with van der Waals surface area (Å²) in [5, 5.41) is 9.80. The Morgan fingerprint density at radius 3 is 1.01 bits per heavy atom. The minimum Gasteiger partial charge on any atom is -0.462 e. The van der Waals surface area contributed by atoms with E-state index in [2.05, 4.69) is 45.1 Å². The summed E-state index contributed by atoms with van der Waals surface area (Å²) in [6.45, 7) is 4.64. The number of allylic oxidation sites excluding steroid dienone is 4. The van der Waals surface area contributed by atoms with E-state index in [1.165, 1.54) is 122 Å². The molecule has 0 spiro atoms. The molecule has 3 atom stereocenters. The fourth-order valence-corrected chi connectivity index (χ4v) is 8.78. The van der Waals surface area contributed by atoms with Crippen LogP contribution < -0.4 is 0 Å². The third-order valence-corrected chi connectivity index (χ3v) is 13.3. The number of esters is 3. The standard InChI is InChI=1S/C56H105O11P/c1-4-7-10-13-16-19-22-24-26-28-31-34-37-40-43-46-55(59)66-52(48-57)50-64-68(61,62)65-51-53(49-63-54(58)45-42-39-36-33-30-21-18-15-12-9-6-3)67-56(60)47-44-41-38-35-32-29-27-25-23-20-17-14-11-8-5-2/h24-27,52-53,57H,4-23,28-51H2,1-3H3,(H,61,62)/b26-24-,27-25-. The average molecular weight is 985 g/mol. The number of aliphatic hydroxyl groups excluding tert-OH is 1. The van der Waals surface area contributed by atoms with Crippen LogP contribution in [0.3, 0.4) is 0 Å². The monoisotopic (exact) mass is 985 g/mol. The third kappa shape index (κ3) is 49.0. The molecule has 0 aromatic carbocycles. The van der Waals surface area contributed by atoms with Crippen LogP contribution in [0.25, 0.3) is 0 Å². The Balaban J connectivity index is 4.68. The van der Waals surface area contributed by atoms with Crippen molar-refractivity contribution >= 4 is 25.7 Å². The molecule has 0 radical (unpaired) electrons. The zero-order chi connectivity index (χ0) is 49.9. The largest absolute Gasteiger partial charge is 0.472 e. The Morgan fingerprint density at radius 2 is 0.676 bits per heavy atom. The van der Waals surface area contributed by atoms with Crippen LogP contribution in [0.1, 0.15) is 278 Å². The van der Waals surface area contributed by atoms with Gasteiger partial charge in [0.25, 0.3) is 0 Å². The van der Waals surface area contributed by atoms with Crippen molar-refractivity contribution in [1.82, 2.24) is 0 Å². The molecule has 0 aliphatic carbocycles. The number of unbranched alkanes of at least 4 members (excludes halogenated alkanes) is 32. The van der Waals surface area contributed by atoms with Crippen LogP contribution >= 0.6 is 7.82 Å². The van der Waals surface area contributed by atoms with Crippen molar-refractivity contribution < 1.29 is 52.2 Å². The van der Waals surface area contributed by atoms with Gasteiger partial charge in [0.2, 0.25) is 0 Å². The first-order chi connectivity index (χ1) is 33.2. The van der Waals surface area contributed by atoms with Gasteiger partial charge in [0.1, 0.15) is 12.7 Å². The summed E-state index contributed by atoms with van der Waals surface area (Å²) in [4.78, 5) is 48.4. The molecule has 0 aliphatic rings. The fraction of sp³-hybridized carbons (Fsp3) is 0.875. The van der Waals surface area contributed by atoms with Crippen molar-refractivity contribution in [1.29, 1.82) is 0 Å². The number of phosphoric acid groups is 1. The first-order valence-electron chi connectivity index (χ1n) is 28.2. The van der Waals surface area contributed by atoms with Crippen molar-refractivity contribution in [2.24, 2.45) is 0 Å². The SMILES string of the molecule is CCCCCCCC/C=C\CCCCCCCC(=O)OC(CO)COP(=O)(O)OCC(COC(=O)CCCCCCCCCCCCC)OC(=O)CCCCCCC/C=C\CCCCCCCC. The van der Waals surface area contributed by atoms with E-state index in [1.807, 2.05) is 0 Å². The predicted octanol–water partition coefficient (Wildman–Crippen LogP) is 16.3. The summed E-state index contributed by atoms with van der Waals surface area (Å²) in [5.74, 6) is -1.46. The van der Waals surface area contributed by atoms with Crippen molar-refractivity contribution in [2.75, 3.05) is 26.4 Å². The van der Waals surface area contributed by atoms with E-state index < -0.39 is 57.8 Å². The minimum atomic E-state index is -4.74. The molecule has 12 heteroatoms. The van der Waals surface area contributed by atoms with Gasteiger partial charge in [0.15, 0.2) is 6.10 Å². The van der Waals surface area contributed by atoms with Crippen molar-refractivity contribution in [3.63, 3.8) is 0 Å². The van der Waals surface area contributed by atoms with E-state index in [1.54, 1.807) is 0 Å². The van der Waals surface area contributed by atoms with Gasteiger partial charge >= 0.3 is 25.7 Å². The average Bonchev–Trinajstić information content (AvgIpc) is 3.32. The number of carbonyl (C=O) groups excluding carboxylic acids is 3. The lowest BCUT2D eigenvalue weighted by Gasteiger charge is -2.21. The minimum absolute atomic E-state index is 0.162. The van der Waals surface area contributed by atoms with Crippen molar-refractivity contribution in [3.8, 4) is 0 Å². The number of carbonyl (C=O) groups is 3. The van der Waals surface area contributed by atoms with Gasteiger partial charge in [-0.25, -0.2) is 4.57 Å². The summed E-state index contributed by atoms with van der Waals surface area (Å²) < 4.78 is 39.4. The Hall–Kier alpha value is -2.04. The molecule has 0 rings (SSSR count). The van der Waals surface area contributed by atoms with Gasteiger partial charge in [-0.2, -0.15) is 0 Å². The molecule has 0 fully saturated rings. The first kappa shape index (κ1) is 66.0. The predicted molar refractivity (Wildman–Crippen MR) is 280 cm³/mol. The molecular formula is C56H105O11P. The zero-order valence-electron chi connectivity index (χ0n) is 44.1. The highest BCUT2D eigenvalue weighted by Gasteiger charge is 2.28. The van der Waals surface area contributed by atoms with Gasteiger partial charge in [-0.05, 0) is 70.6 Å². The maximum atomic E-state index is 12.9. The molecule has 0 aromatic rings. The maximum Gasteiger partial charge on any atom is 0.472 e. The van der Waals surface area contributed by atoms with Gasteiger partial charge in [-0.15, -0.1) is 0 Å². The second-order valence-electron chi connectivity index (χ2n) is 19.1. The molecule has 0 amide bonds. The van der Waals surface area contributed by atoms with Crippen LogP contribution in [0.4, 0.5) is 0 Å². The number of phosphoric ester groups is 1. The van der Waals surface area contributed by atoms with Gasteiger partial charge in [-0.3, -0.25) is 23.4 Å². The lowest BCUT2D eigenvalue weighted by atomic mass is 10.1. The molecule has 3 unspecified atom stereocenters. The highest BCUT2D eigenvalue weighted by Crippen LogP contribution is 2.43. The molecule has 11 nitrogen and oxygen atoms in total. The maximum absolute atomic E-state index is 12.9. The van der Waals surface area contributed by atoms with Gasteiger partial charge in [0, 0.05) is 19.3 Å². The summed E-state index contributed by atoms with van der Waals surface area (Å²) in [6, 6.07) is 0. The highest BCUT2D eigenvalue weighted by atomic mass is 31.2. The Labute approximate surface area is 417 Å². The van der Waals surface area contributed by atoms with Crippen LogP contribution in [-0.2, 0) is 42.2 Å². The number of ether oxygens (including phenoxy) is 3. The topological polar surface area (TPSA) is 155 Å². The molecule has 68 heavy (non-hydrogen) atoms. The fourth-order valence-electron chi connectivity index (χ4n) is 7.99. The van der Waals surface area contributed by atoms with Crippen LogP contribution in [0.15, 0.2) is 24.3 Å². The van der Waals surface area contributed by atoms with Crippen LogP contribution in [-0.4, -0.2) is 66.5 Å². The lowest BCUT2D eigenvalue weighted by Crippen LogP contribution is -2.30. The number of aliphatic hydroxyl groups is 1. The molecule has 0 heterocycles. The van der Waals surface area contributed by atoms with E-state index in [0.717, 1.165) is 96.3 Å². The number of hydrogen-bond acceptors (Lipinski definition) is 10. The van der Waals surface area contributed by atoms with E-state index in [0.29, 0.717) is 19.3 Å². The summed E-state index contributed by atoms with van der Waals surface area (Å²) >= 11 is 0. The normalized spacial score (nSPS) is 13.5. The van der Waals surface area contributed by atoms with E-state index >= 15 is 0 Å². The second kappa shape index (κ2) is 51.3. The van der Waals surface area contributed by atoms with Crippen molar-refractivity contribution in [3.05, 3.63) is 24.3 Å².